The molecule has 108 valence electrons. The Kier molecular flexibility index (Phi) is 5.16. The molecule has 0 heterocycles. The van der Waals surface area contributed by atoms with Crippen LogP contribution in [0.25, 0.3) is 0 Å². The maximum Gasteiger partial charge on any atom is 0.155 e. The van der Waals surface area contributed by atoms with Crippen molar-refractivity contribution in [3.8, 4) is 0 Å². The molecule has 0 aliphatic rings. The Morgan fingerprint density at radius 3 is 2.16 bits per heavy atom. The fourth-order valence-electron chi connectivity index (χ4n) is 1.85. The van der Waals surface area contributed by atoms with Crippen LogP contribution < -0.4 is 0 Å². The van der Waals surface area contributed by atoms with Crippen LogP contribution in [0.5, 0.6) is 0 Å². The van der Waals surface area contributed by atoms with Gasteiger partial charge in [-0.15, -0.1) is 0 Å². The number of sulfone groups is 1. The van der Waals surface area contributed by atoms with Crippen molar-refractivity contribution < 1.29 is 13.5 Å². The first kappa shape index (κ1) is 16.2. The predicted molar refractivity (Wildman–Crippen MR) is 78.9 cm³/mol. The summed E-state index contributed by atoms with van der Waals surface area (Å²) in [6, 6.07) is 7.57. The summed E-state index contributed by atoms with van der Waals surface area (Å²) < 4.78 is 22.2. The van der Waals surface area contributed by atoms with Gasteiger partial charge in [-0.05, 0) is 37.8 Å². The van der Waals surface area contributed by atoms with Gasteiger partial charge in [0.05, 0.1) is 10.9 Å². The minimum Gasteiger partial charge on any atom is -0.387 e. The first-order chi connectivity index (χ1) is 8.70. The highest BCUT2D eigenvalue weighted by molar-refractivity contribution is 7.92. The number of rotatable bonds is 6. The predicted octanol–water partition coefficient (Wildman–Crippen LogP) is 2.89. The third-order valence-corrected chi connectivity index (χ3v) is 5.86. The lowest BCUT2D eigenvalue weighted by Crippen LogP contribution is -2.37. The standard InChI is InChI=1S/C15H24O3S/c1-5-6-7-12-8-10-13(11-9-12)14(16)15(2,3)19(4,17)18/h8-11,14,16H,5-7H2,1-4H3. The zero-order valence-corrected chi connectivity index (χ0v) is 13.0. The third kappa shape index (κ3) is 3.80. The lowest BCUT2D eigenvalue weighted by molar-refractivity contribution is 0.139. The minimum atomic E-state index is -3.32. The molecule has 19 heavy (non-hydrogen) atoms. The summed E-state index contributed by atoms with van der Waals surface area (Å²) in [4.78, 5) is 0. The molecule has 0 fully saturated rings. The summed E-state index contributed by atoms with van der Waals surface area (Å²) >= 11 is 0. The molecule has 1 aromatic carbocycles. The van der Waals surface area contributed by atoms with E-state index in [1.165, 1.54) is 5.56 Å². The van der Waals surface area contributed by atoms with Crippen LogP contribution in [0.4, 0.5) is 0 Å². The molecule has 0 radical (unpaired) electrons. The fourth-order valence-corrected chi connectivity index (χ4v) is 2.39. The van der Waals surface area contributed by atoms with Gasteiger partial charge < -0.3 is 5.11 Å². The van der Waals surface area contributed by atoms with Crippen LogP contribution in [0, 0.1) is 0 Å². The molecule has 0 saturated heterocycles. The molecule has 1 aromatic rings. The van der Waals surface area contributed by atoms with Crippen molar-refractivity contribution in [2.24, 2.45) is 0 Å². The van der Waals surface area contributed by atoms with E-state index in [1.54, 1.807) is 13.8 Å². The lowest BCUT2D eigenvalue weighted by Gasteiger charge is -2.29. The molecule has 1 rings (SSSR count). The van der Waals surface area contributed by atoms with Crippen molar-refractivity contribution in [3.63, 3.8) is 0 Å². The second-order valence-corrected chi connectivity index (χ2v) is 8.22. The Hall–Kier alpha value is -0.870. The lowest BCUT2D eigenvalue weighted by atomic mass is 9.96. The monoisotopic (exact) mass is 284 g/mol. The number of aryl methyl sites for hydroxylation is 1. The van der Waals surface area contributed by atoms with Crippen LogP contribution in [0.3, 0.4) is 0 Å². The average Bonchev–Trinajstić information content (AvgIpc) is 2.34. The topological polar surface area (TPSA) is 54.4 Å². The van der Waals surface area contributed by atoms with Crippen LogP contribution in [0.2, 0.25) is 0 Å². The molecule has 1 atom stereocenters. The highest BCUT2D eigenvalue weighted by Crippen LogP contribution is 2.32. The number of unbranched alkanes of at least 4 members (excludes halogenated alkanes) is 1. The van der Waals surface area contributed by atoms with Gasteiger partial charge in [0, 0.05) is 6.26 Å². The van der Waals surface area contributed by atoms with E-state index < -0.39 is 20.7 Å². The number of aliphatic hydroxyl groups excluding tert-OH is 1. The molecule has 0 spiro atoms. The van der Waals surface area contributed by atoms with Gasteiger partial charge in [0.15, 0.2) is 9.84 Å². The molecule has 0 amide bonds. The van der Waals surface area contributed by atoms with E-state index in [4.69, 9.17) is 0 Å². The molecule has 1 N–H and O–H groups in total. The first-order valence-corrected chi connectivity index (χ1v) is 8.55. The summed E-state index contributed by atoms with van der Waals surface area (Å²) in [5.41, 5.74) is 1.87. The third-order valence-electron chi connectivity index (χ3n) is 3.73. The van der Waals surface area contributed by atoms with Crippen molar-refractivity contribution in [2.75, 3.05) is 6.26 Å². The van der Waals surface area contributed by atoms with Gasteiger partial charge in [0.2, 0.25) is 0 Å². The van der Waals surface area contributed by atoms with E-state index in [2.05, 4.69) is 6.92 Å². The van der Waals surface area contributed by atoms with Crippen molar-refractivity contribution in [1.82, 2.24) is 0 Å². The first-order valence-electron chi connectivity index (χ1n) is 6.66. The number of benzene rings is 1. The highest BCUT2D eigenvalue weighted by Gasteiger charge is 2.38. The molecule has 0 saturated carbocycles. The van der Waals surface area contributed by atoms with E-state index in [0.717, 1.165) is 25.5 Å². The zero-order chi connectivity index (χ0) is 14.7. The van der Waals surface area contributed by atoms with E-state index in [9.17, 15) is 13.5 Å². The zero-order valence-electron chi connectivity index (χ0n) is 12.2. The van der Waals surface area contributed by atoms with Gasteiger partial charge in [-0.1, -0.05) is 37.6 Å². The van der Waals surface area contributed by atoms with Crippen LogP contribution in [0.15, 0.2) is 24.3 Å². The number of hydrogen-bond acceptors (Lipinski definition) is 3. The van der Waals surface area contributed by atoms with Crippen molar-refractivity contribution >= 4 is 9.84 Å². The van der Waals surface area contributed by atoms with E-state index in [0.29, 0.717) is 5.56 Å². The van der Waals surface area contributed by atoms with Gasteiger partial charge >= 0.3 is 0 Å². The molecule has 0 aliphatic carbocycles. The van der Waals surface area contributed by atoms with Gasteiger partial charge in [-0.25, -0.2) is 8.42 Å². The van der Waals surface area contributed by atoms with Crippen LogP contribution in [0.1, 0.15) is 50.8 Å². The molecule has 0 aromatic heterocycles. The summed E-state index contributed by atoms with van der Waals surface area (Å²) in [5, 5.41) is 10.3. The average molecular weight is 284 g/mol. The van der Waals surface area contributed by atoms with Crippen LogP contribution >= 0.6 is 0 Å². The second-order valence-electron chi connectivity index (χ2n) is 5.62. The molecule has 4 heteroatoms. The fraction of sp³-hybridized carbons (Fsp3) is 0.600. The Bertz CT molecular complexity index is 501. The molecule has 3 nitrogen and oxygen atoms in total. The molecule has 0 aliphatic heterocycles. The maximum atomic E-state index is 11.7. The van der Waals surface area contributed by atoms with Crippen LogP contribution in [-0.2, 0) is 16.3 Å². The molecular weight excluding hydrogens is 260 g/mol. The van der Waals surface area contributed by atoms with Crippen molar-refractivity contribution in [1.29, 1.82) is 0 Å². The summed E-state index contributed by atoms with van der Waals surface area (Å²) in [5.74, 6) is 0. The van der Waals surface area contributed by atoms with E-state index in [-0.39, 0.29) is 0 Å². The second kappa shape index (κ2) is 6.06. The highest BCUT2D eigenvalue weighted by atomic mass is 32.2. The van der Waals surface area contributed by atoms with Gasteiger partial charge in [-0.2, -0.15) is 0 Å². The van der Waals surface area contributed by atoms with Gasteiger partial charge in [0.25, 0.3) is 0 Å². The number of hydrogen-bond donors (Lipinski definition) is 1. The Labute approximate surface area is 116 Å². The normalized spacial score (nSPS) is 14.4. The largest absolute Gasteiger partial charge is 0.387 e. The Morgan fingerprint density at radius 2 is 1.74 bits per heavy atom. The smallest absolute Gasteiger partial charge is 0.155 e. The van der Waals surface area contributed by atoms with Gasteiger partial charge in [-0.3, -0.25) is 0 Å². The summed E-state index contributed by atoms with van der Waals surface area (Å²) in [7, 11) is -3.32. The van der Waals surface area contributed by atoms with E-state index >= 15 is 0 Å². The summed E-state index contributed by atoms with van der Waals surface area (Å²) in [6.07, 6.45) is 3.44. The quantitative estimate of drug-likeness (QED) is 0.874. The molecular formula is C15H24O3S. The van der Waals surface area contributed by atoms with Crippen molar-refractivity contribution in [3.05, 3.63) is 35.4 Å². The Morgan fingerprint density at radius 1 is 1.21 bits per heavy atom. The van der Waals surface area contributed by atoms with Crippen molar-refractivity contribution in [2.45, 2.75) is 50.9 Å². The Balaban J connectivity index is 2.92. The van der Waals surface area contributed by atoms with E-state index in [1.807, 2.05) is 24.3 Å². The molecule has 1 unspecified atom stereocenters. The number of aliphatic hydroxyl groups is 1. The van der Waals surface area contributed by atoms with Crippen LogP contribution in [-0.4, -0.2) is 24.5 Å². The summed E-state index contributed by atoms with van der Waals surface area (Å²) in [6.45, 7) is 5.25. The SMILES string of the molecule is CCCCc1ccc(C(O)C(C)(C)S(C)(=O)=O)cc1. The minimum absolute atomic E-state index is 0.649. The van der Waals surface area contributed by atoms with Gasteiger partial charge in [0.1, 0.15) is 0 Å². The maximum absolute atomic E-state index is 11.7. The molecule has 0 bridgehead atoms.